The highest BCUT2D eigenvalue weighted by Crippen LogP contribution is 2.31. The quantitative estimate of drug-likeness (QED) is 0.894. The summed E-state index contributed by atoms with van der Waals surface area (Å²) in [5, 5.41) is 4.85. The molecule has 0 aromatic heterocycles. The van der Waals surface area contributed by atoms with Crippen LogP contribution in [0, 0.1) is 0 Å². The summed E-state index contributed by atoms with van der Waals surface area (Å²) in [4.78, 5) is 23.9. The summed E-state index contributed by atoms with van der Waals surface area (Å²) in [5.41, 5.74) is 0.913. The lowest BCUT2D eigenvalue weighted by atomic mass is 9.99. The molecule has 2 aromatic carbocycles. The van der Waals surface area contributed by atoms with Gasteiger partial charge in [-0.15, -0.1) is 0 Å². The summed E-state index contributed by atoms with van der Waals surface area (Å²) < 4.78 is 33.6. The maximum absolute atomic E-state index is 14.4. The Balaban J connectivity index is 1.81. The second kappa shape index (κ2) is 6.51. The molecule has 5 nitrogen and oxygen atoms in total. The van der Waals surface area contributed by atoms with Crippen LogP contribution in [0.5, 0.6) is 5.75 Å². The number of nitrogens with one attached hydrogen (secondary N) is 2. The van der Waals surface area contributed by atoms with E-state index in [4.69, 9.17) is 4.74 Å². The van der Waals surface area contributed by atoms with Crippen LogP contribution < -0.4 is 15.4 Å². The molecular weight excluding hydrogens is 330 g/mol. The van der Waals surface area contributed by atoms with Gasteiger partial charge >= 0.3 is 5.92 Å². The Bertz CT molecular complexity index is 820. The van der Waals surface area contributed by atoms with Crippen LogP contribution in [0.1, 0.15) is 21.5 Å². The summed E-state index contributed by atoms with van der Waals surface area (Å²) in [7, 11) is 1.42. The fourth-order valence-corrected chi connectivity index (χ4v) is 2.63. The fraction of sp³-hybridized carbons (Fsp3) is 0.222. The largest absolute Gasteiger partial charge is 0.497 e. The molecule has 0 saturated heterocycles. The molecule has 0 unspecified atom stereocenters. The van der Waals surface area contributed by atoms with E-state index in [0.717, 1.165) is 17.7 Å². The topological polar surface area (TPSA) is 67.4 Å². The molecular formula is C18H16F2N2O3. The Morgan fingerprint density at radius 3 is 2.60 bits per heavy atom. The average Bonchev–Trinajstić information content (AvgIpc) is 2.62. The fourth-order valence-electron chi connectivity index (χ4n) is 2.63. The zero-order valence-corrected chi connectivity index (χ0v) is 13.4. The number of carbonyl (C=O) groups is 2. The number of fused-ring (bicyclic) bond motifs is 1. The Kier molecular flexibility index (Phi) is 4.39. The van der Waals surface area contributed by atoms with E-state index in [-0.39, 0.29) is 11.6 Å². The smallest absolute Gasteiger partial charge is 0.350 e. The summed E-state index contributed by atoms with van der Waals surface area (Å²) in [6.07, 6.45) is 0.664. The van der Waals surface area contributed by atoms with E-state index in [1.54, 1.807) is 6.07 Å². The molecule has 1 aliphatic rings. The first-order valence-electron chi connectivity index (χ1n) is 7.67. The normalized spacial score (nSPS) is 13.6. The lowest BCUT2D eigenvalue weighted by molar-refractivity contribution is -0.140. The lowest BCUT2D eigenvalue weighted by Crippen LogP contribution is -2.33. The number of anilines is 1. The van der Waals surface area contributed by atoms with E-state index in [0.29, 0.717) is 24.3 Å². The van der Waals surface area contributed by atoms with Crippen LogP contribution in [-0.2, 0) is 17.1 Å². The second-order valence-electron chi connectivity index (χ2n) is 5.63. The molecule has 2 aromatic rings. The molecule has 25 heavy (non-hydrogen) atoms. The third-order valence-corrected chi connectivity index (χ3v) is 4.03. The van der Waals surface area contributed by atoms with Gasteiger partial charge in [0.2, 0.25) is 0 Å². The summed E-state index contributed by atoms with van der Waals surface area (Å²) in [5.74, 6) is -5.04. The summed E-state index contributed by atoms with van der Waals surface area (Å²) in [6.45, 7) is 0.535. The van der Waals surface area contributed by atoms with Gasteiger partial charge in [-0.3, -0.25) is 9.59 Å². The molecule has 130 valence electrons. The second-order valence-corrected chi connectivity index (χ2v) is 5.63. The highest BCUT2D eigenvalue weighted by molar-refractivity contribution is 6.00. The van der Waals surface area contributed by atoms with Gasteiger partial charge < -0.3 is 15.4 Å². The van der Waals surface area contributed by atoms with Crippen molar-refractivity contribution in [3.05, 3.63) is 59.2 Å². The Morgan fingerprint density at radius 1 is 1.20 bits per heavy atom. The lowest BCUT2D eigenvalue weighted by Gasteiger charge is -2.19. The van der Waals surface area contributed by atoms with E-state index in [1.807, 2.05) is 0 Å². The number of halogens is 2. The number of hydrogen-bond acceptors (Lipinski definition) is 3. The van der Waals surface area contributed by atoms with Crippen molar-refractivity contribution < 1.29 is 23.1 Å². The minimum atomic E-state index is -3.72. The van der Waals surface area contributed by atoms with E-state index in [1.165, 1.54) is 31.4 Å². The van der Waals surface area contributed by atoms with Crippen LogP contribution in [0.3, 0.4) is 0 Å². The van der Waals surface area contributed by atoms with Gasteiger partial charge in [0.25, 0.3) is 11.8 Å². The van der Waals surface area contributed by atoms with Gasteiger partial charge in [-0.25, -0.2) is 0 Å². The van der Waals surface area contributed by atoms with E-state index in [2.05, 4.69) is 10.6 Å². The maximum Gasteiger partial charge on any atom is 0.350 e. The van der Waals surface area contributed by atoms with Crippen molar-refractivity contribution in [2.45, 2.75) is 12.3 Å². The molecule has 7 heteroatoms. The molecule has 0 radical (unpaired) electrons. The molecule has 0 atom stereocenters. The molecule has 0 aliphatic carbocycles. The number of ether oxygens (including phenoxy) is 1. The van der Waals surface area contributed by atoms with E-state index >= 15 is 0 Å². The van der Waals surface area contributed by atoms with Crippen LogP contribution in [-0.4, -0.2) is 25.5 Å². The van der Waals surface area contributed by atoms with Gasteiger partial charge in [0.15, 0.2) is 0 Å². The van der Waals surface area contributed by atoms with Crippen molar-refractivity contribution in [2.24, 2.45) is 0 Å². The van der Waals surface area contributed by atoms with Crippen molar-refractivity contribution in [1.82, 2.24) is 5.32 Å². The molecule has 1 heterocycles. The molecule has 2 N–H and O–H groups in total. The summed E-state index contributed by atoms with van der Waals surface area (Å²) in [6, 6.07) is 9.58. The van der Waals surface area contributed by atoms with Crippen molar-refractivity contribution >= 4 is 17.5 Å². The first-order chi connectivity index (χ1) is 11.9. The van der Waals surface area contributed by atoms with Gasteiger partial charge in [-0.1, -0.05) is 6.07 Å². The Labute approximate surface area is 143 Å². The van der Waals surface area contributed by atoms with Gasteiger partial charge in [0, 0.05) is 23.4 Å². The minimum Gasteiger partial charge on any atom is -0.497 e. The number of carbonyl (C=O) groups excluding carboxylic acids is 2. The van der Waals surface area contributed by atoms with Gasteiger partial charge in [-0.05, 0) is 48.4 Å². The average molecular weight is 346 g/mol. The maximum atomic E-state index is 14.4. The highest BCUT2D eigenvalue weighted by Gasteiger charge is 2.41. The number of methoxy groups -OCH3 is 1. The van der Waals surface area contributed by atoms with Gasteiger partial charge in [-0.2, -0.15) is 8.78 Å². The third kappa shape index (κ3) is 3.31. The van der Waals surface area contributed by atoms with Crippen molar-refractivity contribution in [1.29, 1.82) is 0 Å². The molecule has 2 amide bonds. The molecule has 1 aliphatic heterocycles. The molecule has 0 fully saturated rings. The zero-order chi connectivity index (χ0) is 18.0. The van der Waals surface area contributed by atoms with Gasteiger partial charge in [0.1, 0.15) is 5.75 Å². The molecule has 3 rings (SSSR count). The van der Waals surface area contributed by atoms with E-state index in [9.17, 15) is 18.4 Å². The van der Waals surface area contributed by atoms with E-state index < -0.39 is 17.4 Å². The van der Waals surface area contributed by atoms with Crippen molar-refractivity contribution in [3.63, 3.8) is 0 Å². The zero-order valence-electron chi connectivity index (χ0n) is 13.4. The number of amides is 2. The predicted octanol–water partition coefficient (Wildman–Crippen LogP) is 2.71. The monoisotopic (exact) mass is 346 g/mol. The van der Waals surface area contributed by atoms with Crippen LogP contribution in [0.25, 0.3) is 0 Å². The first-order valence-corrected chi connectivity index (χ1v) is 7.67. The third-order valence-electron chi connectivity index (χ3n) is 4.03. The Morgan fingerprint density at radius 2 is 1.92 bits per heavy atom. The number of benzene rings is 2. The molecule has 0 saturated carbocycles. The SMILES string of the molecule is COc1ccc(C(F)(F)C(=O)Nc2ccc3c(c2)C(=O)NCC3)cc1. The Hall–Kier alpha value is -2.96. The number of hydrogen-bond donors (Lipinski definition) is 2. The predicted molar refractivity (Wildman–Crippen MR) is 88.0 cm³/mol. The molecule has 0 bridgehead atoms. The minimum absolute atomic E-state index is 0.147. The molecule has 0 spiro atoms. The van der Waals surface area contributed by atoms with Gasteiger partial charge in [0.05, 0.1) is 7.11 Å². The van der Waals surface area contributed by atoms with Crippen LogP contribution in [0.2, 0.25) is 0 Å². The van der Waals surface area contributed by atoms with Crippen LogP contribution in [0.15, 0.2) is 42.5 Å². The first kappa shape index (κ1) is 16.9. The van der Waals surface area contributed by atoms with Crippen molar-refractivity contribution in [3.8, 4) is 5.75 Å². The summed E-state index contributed by atoms with van der Waals surface area (Å²) >= 11 is 0. The van der Waals surface area contributed by atoms with Crippen molar-refractivity contribution in [2.75, 3.05) is 19.0 Å². The van der Waals surface area contributed by atoms with Crippen LogP contribution >= 0.6 is 0 Å². The number of alkyl halides is 2. The standard InChI is InChI=1S/C18H16F2N2O3/c1-25-14-6-3-12(4-7-14)18(19,20)17(24)22-13-5-2-11-8-9-21-16(23)15(11)10-13/h2-7,10H,8-9H2,1H3,(H,21,23)(H,22,24). The highest BCUT2D eigenvalue weighted by atomic mass is 19.3. The van der Waals surface area contributed by atoms with Crippen LogP contribution in [0.4, 0.5) is 14.5 Å². The number of rotatable bonds is 4.